The third-order valence-electron chi connectivity index (χ3n) is 5.11. The molecule has 1 heterocycles. The number of benzene rings is 3. The predicted molar refractivity (Wildman–Crippen MR) is 126 cm³/mol. The summed E-state index contributed by atoms with van der Waals surface area (Å²) in [4.78, 5) is 39.5. The zero-order chi connectivity index (χ0) is 24.2. The molecule has 4 aromatic rings. The number of aromatic nitrogens is 2. The second-order valence-corrected chi connectivity index (χ2v) is 7.79. The number of nitrogens with one attached hydrogen (secondary N) is 2. The van der Waals surface area contributed by atoms with Gasteiger partial charge < -0.3 is 4.90 Å². The topological polar surface area (TPSA) is 96.3 Å². The van der Waals surface area contributed by atoms with Crippen LogP contribution in [0.2, 0.25) is 5.02 Å². The molecule has 1 aromatic heterocycles. The first kappa shape index (κ1) is 22.9. The van der Waals surface area contributed by atoms with Crippen molar-refractivity contribution < 1.29 is 14.0 Å². The standard InChI is InChI=1S/C24H19ClFN5O3/c1-30(14-18-19(25)12-7-13-20(18)26)24(34)28-27-22(32)21-16-10-5-6-11-17(16)23(33)31(29-21)15-8-3-2-4-9-15/h2-13H,14H2,1H3,(H,27,32)(H,28,34). The number of rotatable bonds is 4. The van der Waals surface area contributed by atoms with Crippen LogP contribution in [0.5, 0.6) is 0 Å². The maximum absolute atomic E-state index is 14.0. The lowest BCUT2D eigenvalue weighted by Crippen LogP contribution is -2.48. The fourth-order valence-corrected chi connectivity index (χ4v) is 3.58. The van der Waals surface area contributed by atoms with Crippen molar-refractivity contribution in [1.82, 2.24) is 25.5 Å². The molecule has 10 heteroatoms. The van der Waals surface area contributed by atoms with E-state index in [1.165, 1.54) is 25.2 Å². The number of hydrogen-bond acceptors (Lipinski definition) is 4. The Morgan fingerprint density at radius 3 is 2.35 bits per heavy atom. The van der Waals surface area contributed by atoms with Crippen LogP contribution in [-0.4, -0.2) is 33.7 Å². The largest absolute Gasteiger partial charge is 0.336 e. The van der Waals surface area contributed by atoms with Crippen LogP contribution < -0.4 is 16.4 Å². The molecule has 0 saturated heterocycles. The van der Waals surface area contributed by atoms with Gasteiger partial charge in [-0.25, -0.2) is 14.6 Å². The summed E-state index contributed by atoms with van der Waals surface area (Å²) in [5, 5.41) is 5.05. The lowest BCUT2D eigenvalue weighted by Gasteiger charge is -2.19. The second-order valence-electron chi connectivity index (χ2n) is 7.39. The van der Waals surface area contributed by atoms with E-state index in [4.69, 9.17) is 11.6 Å². The number of amides is 3. The Balaban J connectivity index is 1.57. The van der Waals surface area contributed by atoms with E-state index >= 15 is 0 Å². The number of fused-ring (bicyclic) bond motifs is 1. The van der Waals surface area contributed by atoms with Gasteiger partial charge in [0, 0.05) is 23.0 Å². The van der Waals surface area contributed by atoms with Gasteiger partial charge in [0.05, 0.1) is 17.6 Å². The van der Waals surface area contributed by atoms with Crippen molar-refractivity contribution in [3.05, 3.63) is 105 Å². The van der Waals surface area contributed by atoms with Crippen LogP contribution in [0.1, 0.15) is 16.1 Å². The molecule has 0 spiro atoms. The Hall–Kier alpha value is -4.24. The Bertz CT molecular complexity index is 1420. The average Bonchev–Trinajstić information content (AvgIpc) is 2.85. The quantitative estimate of drug-likeness (QED) is 0.436. The molecule has 0 bridgehead atoms. The molecule has 4 rings (SSSR count). The minimum atomic E-state index is -0.730. The van der Waals surface area contributed by atoms with Crippen molar-refractivity contribution in [1.29, 1.82) is 0 Å². The third kappa shape index (κ3) is 4.60. The summed E-state index contributed by atoms with van der Waals surface area (Å²) in [5.41, 5.74) is 4.76. The average molecular weight is 480 g/mol. The van der Waals surface area contributed by atoms with Gasteiger partial charge in [-0.3, -0.25) is 15.0 Å². The van der Waals surface area contributed by atoms with Crippen molar-refractivity contribution in [2.75, 3.05) is 7.05 Å². The molecule has 0 atom stereocenters. The third-order valence-corrected chi connectivity index (χ3v) is 5.46. The normalized spacial score (nSPS) is 10.7. The summed E-state index contributed by atoms with van der Waals surface area (Å²) < 4.78 is 15.2. The van der Waals surface area contributed by atoms with Crippen LogP contribution in [0, 0.1) is 5.82 Å². The Morgan fingerprint density at radius 1 is 0.971 bits per heavy atom. The molecule has 0 aliphatic heterocycles. The Morgan fingerprint density at radius 2 is 1.65 bits per heavy atom. The van der Waals surface area contributed by atoms with Gasteiger partial charge in [-0.15, -0.1) is 0 Å². The maximum Gasteiger partial charge on any atom is 0.336 e. The molecule has 34 heavy (non-hydrogen) atoms. The van der Waals surface area contributed by atoms with E-state index < -0.39 is 17.8 Å². The van der Waals surface area contributed by atoms with E-state index in [1.807, 2.05) is 0 Å². The highest BCUT2D eigenvalue weighted by Gasteiger charge is 2.19. The summed E-state index contributed by atoms with van der Waals surface area (Å²) in [6.45, 7) is -0.118. The summed E-state index contributed by atoms with van der Waals surface area (Å²) in [6, 6.07) is 18.8. The van der Waals surface area contributed by atoms with E-state index in [2.05, 4.69) is 16.0 Å². The summed E-state index contributed by atoms with van der Waals surface area (Å²) in [6.07, 6.45) is 0. The molecular weight excluding hydrogens is 461 g/mol. The minimum absolute atomic E-state index is 0.0563. The number of nitrogens with zero attached hydrogens (tertiary/aromatic N) is 3. The first-order valence-electron chi connectivity index (χ1n) is 10.2. The SMILES string of the molecule is CN(Cc1c(F)cccc1Cl)C(=O)NNC(=O)c1nn(-c2ccccc2)c(=O)c2ccccc12. The van der Waals surface area contributed by atoms with Gasteiger partial charge in [0.15, 0.2) is 5.69 Å². The van der Waals surface area contributed by atoms with Gasteiger partial charge in [-0.2, -0.15) is 9.78 Å². The number of carbonyl (C=O) groups excluding carboxylic acids is 2. The molecule has 0 fully saturated rings. The molecule has 0 saturated carbocycles. The zero-order valence-corrected chi connectivity index (χ0v) is 18.7. The fraction of sp³-hybridized carbons (Fsp3) is 0.0833. The van der Waals surface area contributed by atoms with Crippen molar-refractivity contribution in [2.24, 2.45) is 0 Å². The lowest BCUT2D eigenvalue weighted by molar-refractivity contribution is 0.0926. The van der Waals surface area contributed by atoms with Crippen molar-refractivity contribution in [3.8, 4) is 5.69 Å². The molecule has 0 radical (unpaired) electrons. The number of para-hydroxylation sites is 1. The molecule has 172 valence electrons. The van der Waals surface area contributed by atoms with Gasteiger partial charge in [0.2, 0.25) is 0 Å². The zero-order valence-electron chi connectivity index (χ0n) is 18.0. The van der Waals surface area contributed by atoms with Crippen LogP contribution in [0.25, 0.3) is 16.5 Å². The minimum Gasteiger partial charge on any atom is -0.322 e. The maximum atomic E-state index is 14.0. The number of halogens is 2. The predicted octanol–water partition coefficient (Wildman–Crippen LogP) is 3.66. The number of hydrogen-bond donors (Lipinski definition) is 2. The molecule has 2 N–H and O–H groups in total. The van der Waals surface area contributed by atoms with Crippen LogP contribution in [0.4, 0.5) is 9.18 Å². The van der Waals surface area contributed by atoms with Crippen molar-refractivity contribution >= 4 is 34.3 Å². The summed E-state index contributed by atoms with van der Waals surface area (Å²) >= 11 is 6.02. The Labute approximate surface area is 198 Å². The van der Waals surface area contributed by atoms with Crippen molar-refractivity contribution in [3.63, 3.8) is 0 Å². The van der Waals surface area contributed by atoms with Gasteiger partial charge in [0.1, 0.15) is 5.82 Å². The van der Waals surface area contributed by atoms with Gasteiger partial charge >= 0.3 is 6.03 Å². The Kier molecular flexibility index (Phi) is 6.55. The molecule has 8 nitrogen and oxygen atoms in total. The second kappa shape index (κ2) is 9.72. The molecular formula is C24H19ClFN5O3. The molecule has 0 aliphatic rings. The van der Waals surface area contributed by atoms with E-state index in [0.29, 0.717) is 16.5 Å². The molecule has 0 aliphatic carbocycles. The van der Waals surface area contributed by atoms with E-state index in [9.17, 15) is 18.8 Å². The summed E-state index contributed by atoms with van der Waals surface area (Å²) in [7, 11) is 1.42. The van der Waals surface area contributed by atoms with E-state index in [1.54, 1.807) is 54.6 Å². The van der Waals surface area contributed by atoms with Crippen LogP contribution in [0.15, 0.2) is 77.6 Å². The van der Waals surface area contributed by atoms with E-state index in [0.717, 1.165) is 9.58 Å². The summed E-state index contributed by atoms with van der Waals surface area (Å²) in [5.74, 6) is -1.28. The highest BCUT2D eigenvalue weighted by molar-refractivity contribution is 6.31. The number of carbonyl (C=O) groups is 2. The van der Waals surface area contributed by atoms with Gasteiger partial charge in [-0.1, -0.05) is 54.1 Å². The van der Waals surface area contributed by atoms with Crippen molar-refractivity contribution in [2.45, 2.75) is 6.54 Å². The highest BCUT2D eigenvalue weighted by Crippen LogP contribution is 2.20. The smallest absolute Gasteiger partial charge is 0.322 e. The van der Waals surface area contributed by atoms with Gasteiger partial charge in [0.25, 0.3) is 11.5 Å². The number of urea groups is 1. The fourth-order valence-electron chi connectivity index (χ4n) is 3.36. The van der Waals surface area contributed by atoms with E-state index in [-0.39, 0.29) is 28.4 Å². The van der Waals surface area contributed by atoms with Gasteiger partial charge in [-0.05, 0) is 30.3 Å². The van der Waals surface area contributed by atoms with Crippen LogP contribution in [0.3, 0.4) is 0 Å². The lowest BCUT2D eigenvalue weighted by atomic mass is 10.1. The highest BCUT2D eigenvalue weighted by atomic mass is 35.5. The molecule has 0 unspecified atom stereocenters. The van der Waals surface area contributed by atoms with Crippen LogP contribution >= 0.6 is 11.6 Å². The molecule has 3 aromatic carbocycles. The first-order chi connectivity index (χ1) is 16.4. The van der Waals surface area contributed by atoms with Crippen LogP contribution in [-0.2, 0) is 6.54 Å². The monoisotopic (exact) mass is 479 g/mol. The molecule has 3 amide bonds. The first-order valence-corrected chi connectivity index (χ1v) is 10.6. The number of hydrazine groups is 1.